The zero-order chi connectivity index (χ0) is 29.4. The highest BCUT2D eigenvalue weighted by Gasteiger charge is 2.60. The number of nitrogens with one attached hydrogen (secondary N) is 2. The molecule has 0 aliphatic heterocycles. The minimum absolute atomic E-state index is 0.0244. The highest BCUT2D eigenvalue weighted by molar-refractivity contribution is 7.92. The van der Waals surface area contributed by atoms with Crippen molar-refractivity contribution in [3.8, 4) is 0 Å². The van der Waals surface area contributed by atoms with E-state index in [0.29, 0.717) is 18.6 Å². The fraction of sp³-hybridized carbons (Fsp3) is 0.423. The van der Waals surface area contributed by atoms with Gasteiger partial charge in [-0.05, 0) is 49.3 Å². The molecule has 3 fully saturated rings. The summed E-state index contributed by atoms with van der Waals surface area (Å²) < 4.78 is 71.8. The molecule has 5 rings (SSSR count). The second-order valence-corrected chi connectivity index (χ2v) is 12.6. The van der Waals surface area contributed by atoms with Gasteiger partial charge in [-0.15, -0.1) is 0 Å². The van der Waals surface area contributed by atoms with Gasteiger partial charge in [0.1, 0.15) is 0 Å². The molecular formula is C26H26ClF3N2O7S. The SMILES string of the molecule is COC(=O)CCNC(=O)CC1(O)C2CC1CC(S(=O)(=O)c1cc(C(=O)Nc3cc(F)c(F)c(F)c3)ccc1Cl)C2. The molecule has 2 unspecified atom stereocenters. The van der Waals surface area contributed by atoms with Gasteiger partial charge in [0.05, 0.1) is 40.7 Å². The van der Waals surface area contributed by atoms with Gasteiger partial charge in [0, 0.05) is 29.9 Å². The van der Waals surface area contributed by atoms with E-state index in [1.807, 2.05) is 0 Å². The van der Waals surface area contributed by atoms with E-state index in [2.05, 4.69) is 15.4 Å². The van der Waals surface area contributed by atoms with Crippen molar-refractivity contribution in [3.05, 3.63) is 58.4 Å². The van der Waals surface area contributed by atoms with E-state index in [-0.39, 0.29) is 53.4 Å². The van der Waals surface area contributed by atoms with Crippen LogP contribution in [0.1, 0.15) is 42.5 Å². The molecule has 0 radical (unpaired) electrons. The monoisotopic (exact) mass is 602 g/mol. The molecule has 2 bridgehead atoms. The van der Waals surface area contributed by atoms with Gasteiger partial charge in [0.15, 0.2) is 27.3 Å². The fourth-order valence-corrected chi connectivity index (χ4v) is 7.80. The molecule has 0 saturated heterocycles. The van der Waals surface area contributed by atoms with Crippen LogP contribution in [0.15, 0.2) is 35.2 Å². The van der Waals surface area contributed by atoms with Crippen molar-refractivity contribution in [3.63, 3.8) is 0 Å². The van der Waals surface area contributed by atoms with Crippen LogP contribution in [0, 0.1) is 29.3 Å². The summed E-state index contributed by atoms with van der Waals surface area (Å²) >= 11 is 6.19. The molecule has 0 spiro atoms. The first-order valence-electron chi connectivity index (χ1n) is 12.3. The second-order valence-electron chi connectivity index (χ2n) is 9.97. The van der Waals surface area contributed by atoms with Crippen LogP contribution in [0.5, 0.6) is 0 Å². The fourth-order valence-electron chi connectivity index (χ4n) is 5.40. The Hall–Kier alpha value is -3.16. The smallest absolute Gasteiger partial charge is 0.307 e. The molecule has 40 heavy (non-hydrogen) atoms. The van der Waals surface area contributed by atoms with Crippen LogP contribution in [0.25, 0.3) is 0 Å². The van der Waals surface area contributed by atoms with Gasteiger partial charge in [-0.2, -0.15) is 0 Å². The van der Waals surface area contributed by atoms with Crippen molar-refractivity contribution in [2.75, 3.05) is 19.0 Å². The Morgan fingerprint density at radius 2 is 1.70 bits per heavy atom. The quantitative estimate of drug-likeness (QED) is 0.295. The number of aliphatic hydroxyl groups is 1. The Balaban J connectivity index is 1.45. The predicted octanol–water partition coefficient (Wildman–Crippen LogP) is 3.38. The number of hydrogen-bond donors (Lipinski definition) is 3. The van der Waals surface area contributed by atoms with Gasteiger partial charge < -0.3 is 20.5 Å². The number of amides is 2. The maximum absolute atomic E-state index is 13.5. The number of rotatable bonds is 9. The van der Waals surface area contributed by atoms with E-state index in [9.17, 15) is 41.1 Å². The Morgan fingerprint density at radius 3 is 2.30 bits per heavy atom. The van der Waals surface area contributed by atoms with Gasteiger partial charge in [-0.25, -0.2) is 21.6 Å². The predicted molar refractivity (Wildman–Crippen MR) is 137 cm³/mol. The van der Waals surface area contributed by atoms with Crippen molar-refractivity contribution in [1.29, 1.82) is 0 Å². The highest BCUT2D eigenvalue weighted by atomic mass is 35.5. The second kappa shape index (κ2) is 11.4. The number of carbonyl (C=O) groups is 3. The maximum atomic E-state index is 13.5. The standard InChI is InChI=1S/C26H26ClF3N2O7S/c1-39-23(34)4-5-31-22(33)12-26(36)14-7-15(26)9-17(8-14)40(37,38)21-6-13(2-3-18(21)27)25(35)32-16-10-19(28)24(30)20(29)11-16/h2-3,6,10-11,14-15,17,36H,4-5,7-9,12H2,1H3,(H,31,33)(H,32,35). The van der Waals surface area contributed by atoms with Crippen LogP contribution in [0.3, 0.4) is 0 Å². The molecule has 216 valence electrons. The zero-order valence-corrected chi connectivity index (χ0v) is 22.8. The minimum atomic E-state index is -4.09. The summed E-state index contributed by atoms with van der Waals surface area (Å²) in [5.41, 5.74) is -1.93. The number of anilines is 1. The molecule has 2 atom stereocenters. The highest BCUT2D eigenvalue weighted by Crippen LogP contribution is 2.57. The number of fused-ring (bicyclic) bond motifs is 2. The van der Waals surface area contributed by atoms with Crippen LogP contribution in [0.4, 0.5) is 18.9 Å². The third-order valence-electron chi connectivity index (χ3n) is 7.58. The number of benzene rings is 2. The first-order valence-corrected chi connectivity index (χ1v) is 14.2. The largest absolute Gasteiger partial charge is 0.469 e. The number of methoxy groups -OCH3 is 1. The van der Waals surface area contributed by atoms with Gasteiger partial charge >= 0.3 is 5.97 Å². The summed E-state index contributed by atoms with van der Waals surface area (Å²) in [6.07, 6.45) is 0.400. The summed E-state index contributed by atoms with van der Waals surface area (Å²) in [5, 5.41) is 14.8. The summed E-state index contributed by atoms with van der Waals surface area (Å²) in [5.74, 6) is -7.52. The molecule has 0 aromatic heterocycles. The first-order chi connectivity index (χ1) is 18.8. The summed E-state index contributed by atoms with van der Waals surface area (Å²) in [7, 11) is -2.87. The van der Waals surface area contributed by atoms with Crippen LogP contribution in [-0.2, 0) is 24.2 Å². The van der Waals surface area contributed by atoms with Crippen molar-refractivity contribution in [1.82, 2.24) is 5.32 Å². The number of ether oxygens (including phenoxy) is 1. The van der Waals surface area contributed by atoms with Crippen molar-refractivity contribution < 1.29 is 45.8 Å². The van der Waals surface area contributed by atoms with E-state index in [0.717, 1.165) is 6.07 Å². The van der Waals surface area contributed by atoms with E-state index < -0.39 is 67.8 Å². The lowest BCUT2D eigenvalue weighted by molar-refractivity contribution is -0.183. The average molecular weight is 603 g/mol. The van der Waals surface area contributed by atoms with E-state index in [4.69, 9.17) is 11.6 Å². The van der Waals surface area contributed by atoms with Crippen molar-refractivity contribution in [2.45, 2.75) is 47.9 Å². The summed E-state index contributed by atoms with van der Waals surface area (Å²) in [6.45, 7) is 0.0430. The zero-order valence-electron chi connectivity index (χ0n) is 21.2. The van der Waals surface area contributed by atoms with E-state index >= 15 is 0 Å². The molecule has 9 nitrogen and oxygen atoms in total. The van der Waals surface area contributed by atoms with Crippen LogP contribution in [0.2, 0.25) is 5.02 Å². The Labute approximate surface area is 233 Å². The number of halogens is 4. The Kier molecular flexibility index (Phi) is 8.48. The normalized spacial score (nSPS) is 23.6. The van der Waals surface area contributed by atoms with Crippen molar-refractivity contribution in [2.24, 2.45) is 11.8 Å². The number of sulfone groups is 1. The van der Waals surface area contributed by atoms with E-state index in [1.54, 1.807) is 0 Å². The molecule has 0 heterocycles. The first kappa shape index (κ1) is 29.8. The van der Waals surface area contributed by atoms with Crippen LogP contribution < -0.4 is 10.6 Å². The minimum Gasteiger partial charge on any atom is -0.469 e. The summed E-state index contributed by atoms with van der Waals surface area (Å²) in [4.78, 5) is 35.9. The molecule has 3 saturated carbocycles. The maximum Gasteiger partial charge on any atom is 0.307 e. The van der Waals surface area contributed by atoms with E-state index in [1.165, 1.54) is 19.2 Å². The van der Waals surface area contributed by atoms with Crippen LogP contribution >= 0.6 is 11.6 Å². The van der Waals surface area contributed by atoms with Crippen molar-refractivity contribution >= 4 is 44.9 Å². The third-order valence-corrected chi connectivity index (χ3v) is 10.2. The number of esters is 1. The Bertz CT molecular complexity index is 1440. The lowest BCUT2D eigenvalue weighted by atomic mass is 9.52. The molecular weight excluding hydrogens is 577 g/mol. The average Bonchev–Trinajstić information content (AvgIpc) is 2.91. The molecule has 3 aliphatic carbocycles. The Morgan fingerprint density at radius 1 is 1.07 bits per heavy atom. The molecule has 14 heteroatoms. The van der Waals surface area contributed by atoms with Gasteiger partial charge in [-0.3, -0.25) is 14.4 Å². The molecule has 2 amide bonds. The third kappa shape index (κ3) is 5.81. The molecule has 3 N–H and O–H groups in total. The van der Waals surface area contributed by atoms with Gasteiger partial charge in [-0.1, -0.05) is 11.6 Å². The summed E-state index contributed by atoms with van der Waals surface area (Å²) in [6, 6.07) is 4.64. The lowest BCUT2D eigenvalue weighted by Crippen LogP contribution is -2.63. The topological polar surface area (TPSA) is 139 Å². The molecule has 2 aromatic rings. The van der Waals surface area contributed by atoms with Gasteiger partial charge in [0.25, 0.3) is 5.91 Å². The molecule has 3 aliphatic rings. The lowest BCUT2D eigenvalue weighted by Gasteiger charge is -2.58. The number of hydrogen-bond acceptors (Lipinski definition) is 7. The van der Waals surface area contributed by atoms with Gasteiger partial charge in [0.2, 0.25) is 5.91 Å². The number of carbonyl (C=O) groups excluding carboxylic acids is 3. The molecule has 2 aromatic carbocycles. The van der Waals surface area contributed by atoms with Crippen LogP contribution in [-0.4, -0.2) is 55.8 Å².